The molecular formula is C21H21N3O4. The van der Waals surface area contributed by atoms with Gasteiger partial charge in [-0.15, -0.1) is 0 Å². The molecule has 7 nitrogen and oxygen atoms in total. The smallest absolute Gasteiger partial charge is 0.275 e. The summed E-state index contributed by atoms with van der Waals surface area (Å²) >= 11 is 0. The zero-order chi connectivity index (χ0) is 19.5. The SMILES string of the molecule is NC(=O)c1cn2c(c(OCc3ccccc3)c1=O)C(=O)N1C3CCC1(CC3)C2. The Labute approximate surface area is 161 Å². The molecule has 2 N–H and O–H groups in total. The monoisotopic (exact) mass is 379 g/mol. The number of amides is 2. The van der Waals surface area contributed by atoms with Crippen molar-refractivity contribution in [3.05, 3.63) is 63.6 Å². The highest BCUT2D eigenvalue weighted by Gasteiger charge is 2.57. The van der Waals surface area contributed by atoms with Crippen LogP contribution in [0.25, 0.3) is 0 Å². The molecule has 0 saturated carbocycles. The second-order valence-corrected chi connectivity index (χ2v) is 7.95. The Bertz CT molecular complexity index is 1040. The molecule has 0 unspecified atom stereocenters. The van der Waals surface area contributed by atoms with Gasteiger partial charge in [0.15, 0.2) is 11.4 Å². The molecule has 28 heavy (non-hydrogen) atoms. The number of nitrogens with two attached hydrogens (primary N) is 1. The summed E-state index contributed by atoms with van der Waals surface area (Å²) in [6, 6.07) is 9.61. The van der Waals surface area contributed by atoms with Gasteiger partial charge in [-0.1, -0.05) is 30.3 Å². The van der Waals surface area contributed by atoms with Crippen LogP contribution in [0.5, 0.6) is 5.75 Å². The van der Waals surface area contributed by atoms with Crippen molar-refractivity contribution in [2.24, 2.45) is 5.73 Å². The number of pyridine rings is 1. The normalized spacial score (nSPS) is 24.8. The van der Waals surface area contributed by atoms with Gasteiger partial charge in [0.1, 0.15) is 12.2 Å². The number of benzene rings is 1. The second kappa shape index (κ2) is 5.95. The van der Waals surface area contributed by atoms with E-state index in [1.165, 1.54) is 6.20 Å². The van der Waals surface area contributed by atoms with E-state index in [4.69, 9.17) is 10.5 Å². The lowest BCUT2D eigenvalue weighted by molar-refractivity contribution is 0.0487. The second-order valence-electron chi connectivity index (χ2n) is 7.95. The molecule has 5 rings (SSSR count). The number of hydrogen-bond donors (Lipinski definition) is 1. The van der Waals surface area contributed by atoms with Gasteiger partial charge < -0.3 is 19.9 Å². The third kappa shape index (κ3) is 2.32. The minimum absolute atomic E-state index is 0.0775. The van der Waals surface area contributed by atoms with E-state index >= 15 is 0 Å². The zero-order valence-corrected chi connectivity index (χ0v) is 15.4. The van der Waals surface area contributed by atoms with Gasteiger partial charge in [-0.2, -0.15) is 0 Å². The van der Waals surface area contributed by atoms with Crippen LogP contribution in [0.1, 0.15) is 52.1 Å². The molecule has 1 aromatic heterocycles. The summed E-state index contributed by atoms with van der Waals surface area (Å²) < 4.78 is 7.55. The topological polar surface area (TPSA) is 94.6 Å². The van der Waals surface area contributed by atoms with Gasteiger partial charge in [0.2, 0.25) is 5.43 Å². The van der Waals surface area contributed by atoms with Gasteiger partial charge in [0, 0.05) is 18.8 Å². The molecule has 2 bridgehead atoms. The molecule has 7 heteroatoms. The Morgan fingerprint density at radius 2 is 1.89 bits per heavy atom. The molecule has 3 aliphatic rings. The predicted molar refractivity (Wildman–Crippen MR) is 101 cm³/mol. The van der Waals surface area contributed by atoms with Crippen molar-refractivity contribution in [3.8, 4) is 5.75 Å². The first-order valence-corrected chi connectivity index (χ1v) is 9.58. The largest absolute Gasteiger partial charge is 0.483 e. The van der Waals surface area contributed by atoms with Crippen LogP contribution in [0.2, 0.25) is 0 Å². The standard InChI is InChI=1S/C21H21N3O4/c22-19(26)15-10-23-12-21-8-6-14(7-9-21)24(21)20(27)16(23)18(17(15)25)28-11-13-4-2-1-3-5-13/h1-5,10,14H,6-9,11-12H2,(H2,22,26). The fraction of sp³-hybridized carbons (Fsp3) is 0.381. The van der Waals surface area contributed by atoms with Crippen LogP contribution >= 0.6 is 0 Å². The highest BCUT2D eigenvalue weighted by Crippen LogP contribution is 2.50. The van der Waals surface area contributed by atoms with E-state index < -0.39 is 11.3 Å². The van der Waals surface area contributed by atoms with Crippen molar-refractivity contribution < 1.29 is 14.3 Å². The van der Waals surface area contributed by atoms with Gasteiger partial charge in [-0.3, -0.25) is 14.4 Å². The van der Waals surface area contributed by atoms with E-state index in [0.717, 1.165) is 31.2 Å². The molecule has 0 atom stereocenters. The van der Waals surface area contributed by atoms with Crippen LogP contribution in [-0.2, 0) is 13.2 Å². The van der Waals surface area contributed by atoms with Crippen molar-refractivity contribution in [1.29, 1.82) is 0 Å². The Kier molecular flexibility index (Phi) is 3.62. The number of nitrogens with zero attached hydrogens (tertiary/aromatic N) is 2. The van der Waals surface area contributed by atoms with E-state index in [2.05, 4.69) is 0 Å². The van der Waals surface area contributed by atoms with E-state index in [1.54, 1.807) is 4.57 Å². The predicted octanol–water partition coefficient (Wildman–Crippen LogP) is 1.68. The maximum Gasteiger partial charge on any atom is 0.275 e. The molecular weight excluding hydrogens is 358 g/mol. The van der Waals surface area contributed by atoms with Gasteiger partial charge in [0.25, 0.3) is 11.8 Å². The molecule has 2 fully saturated rings. The third-order valence-corrected chi connectivity index (χ3v) is 6.38. The number of ether oxygens (including phenoxy) is 1. The van der Waals surface area contributed by atoms with Crippen molar-refractivity contribution in [1.82, 2.24) is 9.47 Å². The number of carbonyl (C=O) groups is 2. The summed E-state index contributed by atoms with van der Waals surface area (Å²) in [6.07, 6.45) is 5.29. The molecule has 2 saturated heterocycles. The number of carbonyl (C=O) groups excluding carboxylic acids is 2. The van der Waals surface area contributed by atoms with Gasteiger partial charge in [-0.05, 0) is 31.2 Å². The van der Waals surface area contributed by atoms with Crippen molar-refractivity contribution in [2.45, 2.75) is 50.4 Å². The van der Waals surface area contributed by atoms with Gasteiger partial charge in [0.05, 0.1) is 5.54 Å². The van der Waals surface area contributed by atoms with Crippen LogP contribution in [-0.4, -0.2) is 32.9 Å². The Morgan fingerprint density at radius 3 is 2.57 bits per heavy atom. The molecule has 0 aliphatic carbocycles. The van der Waals surface area contributed by atoms with Crippen LogP contribution in [0, 0.1) is 0 Å². The molecule has 2 amide bonds. The number of hydrogen-bond acceptors (Lipinski definition) is 4. The van der Waals surface area contributed by atoms with Crippen LogP contribution in [0.4, 0.5) is 0 Å². The van der Waals surface area contributed by atoms with Crippen molar-refractivity contribution in [2.75, 3.05) is 0 Å². The van der Waals surface area contributed by atoms with E-state index in [0.29, 0.717) is 6.54 Å². The lowest BCUT2D eigenvalue weighted by Gasteiger charge is -2.41. The first-order valence-electron chi connectivity index (χ1n) is 9.58. The summed E-state index contributed by atoms with van der Waals surface area (Å²) in [5.41, 5.74) is 5.56. The lowest BCUT2D eigenvalue weighted by atomic mass is 9.86. The maximum absolute atomic E-state index is 13.4. The lowest BCUT2D eigenvalue weighted by Crippen LogP contribution is -2.53. The van der Waals surface area contributed by atoms with E-state index in [-0.39, 0.29) is 41.1 Å². The van der Waals surface area contributed by atoms with E-state index in [9.17, 15) is 14.4 Å². The fourth-order valence-electron chi connectivity index (χ4n) is 5.10. The molecule has 2 aromatic rings. The molecule has 1 aromatic carbocycles. The number of rotatable bonds is 4. The zero-order valence-electron chi connectivity index (χ0n) is 15.4. The average molecular weight is 379 g/mol. The van der Waals surface area contributed by atoms with Crippen molar-refractivity contribution in [3.63, 3.8) is 0 Å². The van der Waals surface area contributed by atoms with Crippen LogP contribution < -0.4 is 15.9 Å². The molecule has 144 valence electrons. The van der Waals surface area contributed by atoms with Gasteiger partial charge >= 0.3 is 0 Å². The Hall–Kier alpha value is -3.09. The average Bonchev–Trinajstić information content (AvgIpc) is 3.24. The highest BCUT2D eigenvalue weighted by molar-refractivity contribution is 5.99. The third-order valence-electron chi connectivity index (χ3n) is 6.38. The Morgan fingerprint density at radius 1 is 1.18 bits per heavy atom. The first kappa shape index (κ1) is 17.0. The molecule has 4 heterocycles. The number of primary amides is 1. The summed E-state index contributed by atoms with van der Waals surface area (Å²) in [4.78, 5) is 40.1. The summed E-state index contributed by atoms with van der Waals surface area (Å²) in [7, 11) is 0. The van der Waals surface area contributed by atoms with Crippen LogP contribution in [0.15, 0.2) is 41.3 Å². The van der Waals surface area contributed by atoms with Crippen molar-refractivity contribution >= 4 is 11.8 Å². The highest BCUT2D eigenvalue weighted by atomic mass is 16.5. The summed E-state index contributed by atoms with van der Waals surface area (Å²) in [6.45, 7) is 0.694. The number of aromatic nitrogens is 1. The fourth-order valence-corrected chi connectivity index (χ4v) is 5.10. The summed E-state index contributed by atoms with van der Waals surface area (Å²) in [5, 5.41) is 0. The molecule has 0 spiro atoms. The van der Waals surface area contributed by atoms with Crippen LogP contribution in [0.3, 0.4) is 0 Å². The Balaban J connectivity index is 1.63. The van der Waals surface area contributed by atoms with Gasteiger partial charge in [-0.25, -0.2) is 0 Å². The summed E-state index contributed by atoms with van der Waals surface area (Å²) in [5.74, 6) is -1.07. The molecule has 3 aliphatic heterocycles. The quantitative estimate of drug-likeness (QED) is 0.874. The number of fused-ring (bicyclic) bond motifs is 1. The minimum Gasteiger partial charge on any atom is -0.483 e. The minimum atomic E-state index is -0.812. The first-order chi connectivity index (χ1) is 13.5. The maximum atomic E-state index is 13.4. The van der Waals surface area contributed by atoms with E-state index in [1.807, 2.05) is 35.2 Å². The molecule has 0 radical (unpaired) electrons.